The number of carbonyl (C=O) groups is 1. The number of nitrogens with zero attached hydrogens (tertiary/aromatic N) is 2. The Morgan fingerprint density at radius 3 is 2.56 bits per heavy atom. The molecule has 0 spiro atoms. The van der Waals surface area contributed by atoms with Crippen LogP contribution in [0, 0.1) is 20.8 Å². The van der Waals surface area contributed by atoms with Gasteiger partial charge in [0.15, 0.2) is 0 Å². The molecule has 3 N–H and O–H groups in total. The molecule has 2 heterocycles. The molecule has 2 aromatic rings. The third kappa shape index (κ3) is 4.22. The zero-order chi connectivity index (χ0) is 18.8. The number of aromatic nitrogens is 2. The summed E-state index contributed by atoms with van der Waals surface area (Å²) in [5, 5.41) is 20.6. The molecule has 2 rings (SSSR count). The van der Waals surface area contributed by atoms with Crippen molar-refractivity contribution in [3.63, 3.8) is 0 Å². The Morgan fingerprint density at radius 2 is 2.08 bits per heavy atom. The third-order valence-corrected chi connectivity index (χ3v) is 4.49. The number of carbonyl (C=O) groups excluding carboxylic acids is 1. The maximum atomic E-state index is 12.3. The molecule has 0 saturated carbocycles. The molecule has 0 aromatic carbocycles. The molecule has 25 heavy (non-hydrogen) atoms. The van der Waals surface area contributed by atoms with Crippen LogP contribution in [0.4, 0.5) is 4.79 Å². The van der Waals surface area contributed by atoms with Crippen molar-refractivity contribution >= 4 is 6.03 Å². The van der Waals surface area contributed by atoms with Crippen LogP contribution in [-0.2, 0) is 12.6 Å². The number of rotatable bonds is 6. The predicted octanol–water partition coefficient (Wildman–Crippen LogP) is 2.60. The molecule has 2 unspecified atom stereocenters. The highest BCUT2D eigenvalue weighted by molar-refractivity contribution is 5.74. The second kappa shape index (κ2) is 7.31. The van der Waals surface area contributed by atoms with Gasteiger partial charge in [-0.1, -0.05) is 6.92 Å². The molecule has 2 aromatic heterocycles. The van der Waals surface area contributed by atoms with Crippen LogP contribution in [0.15, 0.2) is 16.5 Å². The summed E-state index contributed by atoms with van der Waals surface area (Å²) in [6.07, 6.45) is 0.745. The van der Waals surface area contributed by atoms with E-state index in [2.05, 4.69) is 15.7 Å². The monoisotopic (exact) mass is 348 g/mol. The number of nitrogens with one attached hydrogen (secondary N) is 2. The van der Waals surface area contributed by atoms with E-state index in [0.29, 0.717) is 11.5 Å². The summed E-state index contributed by atoms with van der Waals surface area (Å²) in [4.78, 5) is 12.3. The fraction of sp³-hybridized carbons (Fsp3) is 0.556. The first-order valence-corrected chi connectivity index (χ1v) is 8.49. The van der Waals surface area contributed by atoms with Crippen LogP contribution in [-0.4, -0.2) is 27.5 Å². The van der Waals surface area contributed by atoms with Crippen molar-refractivity contribution in [2.75, 3.05) is 6.54 Å². The zero-order valence-corrected chi connectivity index (χ0v) is 15.8. The summed E-state index contributed by atoms with van der Waals surface area (Å²) >= 11 is 0. The van der Waals surface area contributed by atoms with Crippen molar-refractivity contribution in [2.45, 2.75) is 52.7 Å². The first-order valence-electron chi connectivity index (χ1n) is 8.49. The maximum absolute atomic E-state index is 12.3. The molecule has 138 valence electrons. The Labute approximate surface area is 148 Å². The van der Waals surface area contributed by atoms with E-state index in [1.807, 2.05) is 39.4 Å². The summed E-state index contributed by atoms with van der Waals surface area (Å²) in [6.45, 7) is 9.41. The van der Waals surface area contributed by atoms with Crippen molar-refractivity contribution in [3.05, 3.63) is 40.6 Å². The fourth-order valence-electron chi connectivity index (χ4n) is 2.95. The average molecular weight is 348 g/mol. The standard InChI is InChI=1S/C18H28N4O3/c1-7-14(16-12(3)21-22(6)13(16)4)20-17(23)19-10-18(5,24)15-9-8-11(2)25-15/h8-9,14,24H,7,10H2,1-6H3,(H2,19,20,23). The molecule has 2 amide bonds. The number of urea groups is 1. The Bertz CT molecular complexity index is 746. The van der Waals surface area contributed by atoms with Gasteiger partial charge < -0.3 is 20.2 Å². The molecule has 0 radical (unpaired) electrons. The lowest BCUT2D eigenvalue weighted by Gasteiger charge is -2.23. The predicted molar refractivity (Wildman–Crippen MR) is 95.3 cm³/mol. The van der Waals surface area contributed by atoms with Crippen LogP contribution in [0.1, 0.15) is 54.8 Å². The minimum Gasteiger partial charge on any atom is -0.463 e. The van der Waals surface area contributed by atoms with Crippen molar-refractivity contribution in [1.82, 2.24) is 20.4 Å². The second-order valence-corrected chi connectivity index (χ2v) is 6.68. The molecular weight excluding hydrogens is 320 g/mol. The van der Waals surface area contributed by atoms with E-state index in [1.165, 1.54) is 0 Å². The lowest BCUT2D eigenvalue weighted by Crippen LogP contribution is -2.44. The highest BCUT2D eigenvalue weighted by Crippen LogP contribution is 2.24. The molecule has 0 fully saturated rings. The van der Waals surface area contributed by atoms with E-state index in [1.54, 1.807) is 19.1 Å². The van der Waals surface area contributed by atoms with Crippen molar-refractivity contribution in [2.24, 2.45) is 7.05 Å². The molecular formula is C18H28N4O3. The Morgan fingerprint density at radius 1 is 1.40 bits per heavy atom. The van der Waals surface area contributed by atoms with E-state index in [4.69, 9.17) is 4.42 Å². The van der Waals surface area contributed by atoms with Gasteiger partial charge in [-0.15, -0.1) is 0 Å². The molecule has 0 bridgehead atoms. The number of hydrogen-bond acceptors (Lipinski definition) is 4. The van der Waals surface area contributed by atoms with Crippen LogP contribution >= 0.6 is 0 Å². The second-order valence-electron chi connectivity index (χ2n) is 6.68. The first-order chi connectivity index (χ1) is 11.7. The molecule has 7 nitrogen and oxygen atoms in total. The number of aliphatic hydroxyl groups is 1. The van der Waals surface area contributed by atoms with E-state index >= 15 is 0 Å². The topological polar surface area (TPSA) is 92.3 Å². The number of hydrogen-bond donors (Lipinski definition) is 3. The van der Waals surface area contributed by atoms with Gasteiger partial charge in [0.2, 0.25) is 0 Å². The van der Waals surface area contributed by atoms with Crippen molar-refractivity contribution in [3.8, 4) is 0 Å². The van der Waals surface area contributed by atoms with Gasteiger partial charge in [0, 0.05) is 18.3 Å². The van der Waals surface area contributed by atoms with Crippen LogP contribution in [0.25, 0.3) is 0 Å². The summed E-state index contributed by atoms with van der Waals surface area (Å²) in [5.74, 6) is 1.14. The smallest absolute Gasteiger partial charge is 0.315 e. The molecule has 0 aliphatic heterocycles. The summed E-state index contributed by atoms with van der Waals surface area (Å²) < 4.78 is 7.27. The van der Waals surface area contributed by atoms with Gasteiger partial charge >= 0.3 is 6.03 Å². The Kier molecular flexibility index (Phi) is 5.57. The lowest BCUT2D eigenvalue weighted by atomic mass is 10.0. The third-order valence-electron chi connectivity index (χ3n) is 4.49. The normalized spacial score (nSPS) is 14.8. The maximum Gasteiger partial charge on any atom is 0.315 e. The average Bonchev–Trinajstić information content (AvgIpc) is 3.08. The van der Waals surface area contributed by atoms with Gasteiger partial charge in [-0.3, -0.25) is 4.68 Å². The van der Waals surface area contributed by atoms with Gasteiger partial charge in [0.05, 0.1) is 18.3 Å². The van der Waals surface area contributed by atoms with Crippen molar-refractivity contribution < 1.29 is 14.3 Å². The van der Waals surface area contributed by atoms with Gasteiger partial charge in [-0.2, -0.15) is 5.10 Å². The molecule has 0 aliphatic carbocycles. The van der Waals surface area contributed by atoms with Gasteiger partial charge in [-0.05, 0) is 46.2 Å². The molecule has 2 atom stereocenters. The van der Waals surface area contributed by atoms with Crippen LogP contribution in [0.3, 0.4) is 0 Å². The summed E-state index contributed by atoms with van der Waals surface area (Å²) in [5.41, 5.74) is 1.70. The molecule has 0 aliphatic rings. The Hall–Kier alpha value is -2.28. The minimum atomic E-state index is -1.27. The largest absolute Gasteiger partial charge is 0.463 e. The van der Waals surface area contributed by atoms with E-state index in [-0.39, 0.29) is 18.6 Å². The molecule has 0 saturated heterocycles. The van der Waals surface area contributed by atoms with Crippen LogP contribution < -0.4 is 10.6 Å². The highest BCUT2D eigenvalue weighted by Gasteiger charge is 2.28. The highest BCUT2D eigenvalue weighted by atomic mass is 16.4. The number of amides is 2. The number of furan rings is 1. The van der Waals surface area contributed by atoms with Crippen LogP contribution in [0.5, 0.6) is 0 Å². The Balaban J connectivity index is 2.01. The van der Waals surface area contributed by atoms with E-state index in [9.17, 15) is 9.90 Å². The van der Waals surface area contributed by atoms with Gasteiger partial charge in [0.1, 0.15) is 17.1 Å². The number of aryl methyl sites for hydroxylation is 3. The molecule has 7 heteroatoms. The minimum absolute atomic E-state index is 0.0488. The first kappa shape index (κ1) is 19.1. The summed E-state index contributed by atoms with van der Waals surface area (Å²) in [6, 6.07) is 3.03. The fourth-order valence-corrected chi connectivity index (χ4v) is 2.95. The van der Waals surface area contributed by atoms with Crippen molar-refractivity contribution in [1.29, 1.82) is 0 Å². The quantitative estimate of drug-likeness (QED) is 0.748. The SMILES string of the molecule is CCC(NC(=O)NCC(C)(O)c1ccc(C)o1)c1c(C)nn(C)c1C. The van der Waals surface area contributed by atoms with Gasteiger partial charge in [0.25, 0.3) is 0 Å². The van der Waals surface area contributed by atoms with Gasteiger partial charge in [-0.25, -0.2) is 4.79 Å². The lowest BCUT2D eigenvalue weighted by molar-refractivity contribution is 0.0359. The summed E-state index contributed by atoms with van der Waals surface area (Å²) in [7, 11) is 1.89. The van der Waals surface area contributed by atoms with Crippen LogP contribution in [0.2, 0.25) is 0 Å². The van der Waals surface area contributed by atoms with E-state index in [0.717, 1.165) is 23.4 Å². The zero-order valence-electron chi connectivity index (χ0n) is 15.8. The van der Waals surface area contributed by atoms with E-state index < -0.39 is 5.60 Å².